The van der Waals surface area contributed by atoms with E-state index in [9.17, 15) is 0 Å². The second-order valence-corrected chi connectivity index (χ2v) is 2.74. The highest BCUT2D eigenvalue weighted by atomic mass is 15.1. The van der Waals surface area contributed by atoms with E-state index >= 15 is 0 Å². The maximum atomic E-state index is 5.28. The van der Waals surface area contributed by atoms with E-state index in [1.54, 1.807) is 0 Å². The minimum atomic E-state index is 0. The first-order chi connectivity index (χ1) is 4.33. The number of hydrogen-bond donors (Lipinski definition) is 0. The van der Waals surface area contributed by atoms with Gasteiger partial charge in [-0.15, -0.1) is 12.3 Å². The molecular weight excluding hydrogens is 122 g/mol. The van der Waals surface area contributed by atoms with E-state index in [1.165, 1.54) is 25.9 Å². The van der Waals surface area contributed by atoms with E-state index in [0.29, 0.717) is 5.92 Å². The highest BCUT2D eigenvalue weighted by Crippen LogP contribution is 2.13. The van der Waals surface area contributed by atoms with Crippen LogP contribution in [-0.4, -0.2) is 25.0 Å². The van der Waals surface area contributed by atoms with Crippen LogP contribution in [0.4, 0.5) is 0 Å². The fourth-order valence-electron chi connectivity index (χ4n) is 1.18. The molecule has 0 atom stereocenters. The zero-order chi connectivity index (χ0) is 6.69. The van der Waals surface area contributed by atoms with Crippen LogP contribution in [0, 0.1) is 18.3 Å². The van der Waals surface area contributed by atoms with E-state index in [-0.39, 0.29) is 7.43 Å². The zero-order valence-electron chi connectivity index (χ0n) is 5.93. The Morgan fingerprint density at radius 3 is 2.30 bits per heavy atom. The summed E-state index contributed by atoms with van der Waals surface area (Å²) in [6.07, 6.45) is 7.66. The summed E-state index contributed by atoms with van der Waals surface area (Å²) in [6.45, 7) is 2.35. The van der Waals surface area contributed by atoms with Gasteiger partial charge in [-0.2, -0.15) is 0 Å². The lowest BCUT2D eigenvalue weighted by molar-refractivity contribution is 0.248. The number of piperidine rings is 1. The topological polar surface area (TPSA) is 3.24 Å². The molecule has 0 saturated carbocycles. The molecule has 1 aliphatic heterocycles. The third kappa shape index (κ3) is 2.41. The first kappa shape index (κ1) is 9.52. The largest absolute Gasteiger partial charge is 0.306 e. The molecule has 1 rings (SSSR count). The molecule has 0 amide bonds. The number of hydrogen-bond acceptors (Lipinski definition) is 1. The fraction of sp³-hybridized carbons (Fsp3) is 0.778. The molecule has 1 fully saturated rings. The van der Waals surface area contributed by atoms with E-state index in [2.05, 4.69) is 17.9 Å². The second-order valence-electron chi connectivity index (χ2n) is 2.74. The summed E-state index contributed by atoms with van der Waals surface area (Å²) in [6, 6.07) is 0. The molecule has 1 heteroatoms. The van der Waals surface area contributed by atoms with Gasteiger partial charge in [0.25, 0.3) is 0 Å². The molecule has 1 heterocycles. The van der Waals surface area contributed by atoms with E-state index in [1.807, 2.05) is 0 Å². The predicted octanol–water partition coefficient (Wildman–Crippen LogP) is 1.60. The molecule has 1 aliphatic rings. The van der Waals surface area contributed by atoms with Gasteiger partial charge in [0.2, 0.25) is 0 Å². The number of likely N-dealkylation sites (tertiary alicyclic amines) is 1. The summed E-state index contributed by atoms with van der Waals surface area (Å²) in [4.78, 5) is 2.33. The lowest BCUT2D eigenvalue weighted by Crippen LogP contribution is -2.29. The molecule has 0 radical (unpaired) electrons. The average Bonchev–Trinajstić information content (AvgIpc) is 1.90. The van der Waals surface area contributed by atoms with Crippen molar-refractivity contribution in [3.63, 3.8) is 0 Å². The van der Waals surface area contributed by atoms with E-state index < -0.39 is 0 Å². The molecule has 58 valence electrons. The average molecular weight is 139 g/mol. The van der Waals surface area contributed by atoms with Gasteiger partial charge in [-0.05, 0) is 33.0 Å². The van der Waals surface area contributed by atoms with Gasteiger partial charge < -0.3 is 4.90 Å². The van der Waals surface area contributed by atoms with Crippen molar-refractivity contribution < 1.29 is 0 Å². The molecule has 0 bridgehead atoms. The minimum absolute atomic E-state index is 0. The van der Waals surface area contributed by atoms with Gasteiger partial charge in [-0.3, -0.25) is 0 Å². The highest BCUT2D eigenvalue weighted by molar-refractivity contribution is 4.94. The molecule has 0 aromatic rings. The van der Waals surface area contributed by atoms with Gasteiger partial charge in [0.05, 0.1) is 0 Å². The summed E-state index contributed by atoms with van der Waals surface area (Å²) in [7, 11) is 2.15. The number of terminal acetylenes is 1. The van der Waals surface area contributed by atoms with Gasteiger partial charge in [-0.1, -0.05) is 7.43 Å². The van der Waals surface area contributed by atoms with Crippen LogP contribution in [-0.2, 0) is 0 Å². The van der Waals surface area contributed by atoms with Crippen molar-refractivity contribution in [3.05, 3.63) is 0 Å². The van der Waals surface area contributed by atoms with Crippen molar-refractivity contribution in [1.82, 2.24) is 4.90 Å². The molecule has 0 aliphatic carbocycles. The Bertz CT molecular complexity index is 115. The second kappa shape index (κ2) is 4.35. The third-order valence-electron chi connectivity index (χ3n) is 1.95. The maximum absolute atomic E-state index is 5.28. The van der Waals surface area contributed by atoms with Crippen LogP contribution < -0.4 is 0 Å². The Balaban J connectivity index is 0.000000810. The van der Waals surface area contributed by atoms with Crippen LogP contribution in [0.5, 0.6) is 0 Å². The van der Waals surface area contributed by atoms with Gasteiger partial charge in [0, 0.05) is 5.92 Å². The molecule has 0 aromatic carbocycles. The van der Waals surface area contributed by atoms with Gasteiger partial charge in [0.15, 0.2) is 0 Å². The Hall–Kier alpha value is -0.480. The van der Waals surface area contributed by atoms with Gasteiger partial charge >= 0.3 is 0 Å². The summed E-state index contributed by atoms with van der Waals surface area (Å²) >= 11 is 0. The first-order valence-corrected chi connectivity index (χ1v) is 3.47. The summed E-state index contributed by atoms with van der Waals surface area (Å²) < 4.78 is 0. The molecule has 0 aromatic heterocycles. The summed E-state index contributed by atoms with van der Waals surface area (Å²) in [5.74, 6) is 3.35. The molecule has 10 heavy (non-hydrogen) atoms. The molecule has 1 saturated heterocycles. The molecule has 1 nitrogen and oxygen atoms in total. The van der Waals surface area contributed by atoms with Crippen LogP contribution in [0.15, 0.2) is 0 Å². The Morgan fingerprint density at radius 1 is 1.40 bits per heavy atom. The predicted molar refractivity (Wildman–Crippen MR) is 45.8 cm³/mol. The quantitative estimate of drug-likeness (QED) is 0.461. The van der Waals surface area contributed by atoms with E-state index in [4.69, 9.17) is 6.42 Å². The van der Waals surface area contributed by atoms with Crippen molar-refractivity contribution in [3.8, 4) is 12.3 Å². The van der Waals surface area contributed by atoms with Crippen molar-refractivity contribution in [2.24, 2.45) is 5.92 Å². The molecule has 0 N–H and O–H groups in total. The zero-order valence-corrected chi connectivity index (χ0v) is 5.93. The monoisotopic (exact) mass is 139 g/mol. The molecule has 0 unspecified atom stereocenters. The van der Waals surface area contributed by atoms with Gasteiger partial charge in [-0.25, -0.2) is 0 Å². The van der Waals surface area contributed by atoms with Crippen LogP contribution in [0.25, 0.3) is 0 Å². The normalized spacial score (nSPS) is 21.2. The Morgan fingerprint density at radius 2 is 1.90 bits per heavy atom. The van der Waals surface area contributed by atoms with Crippen molar-refractivity contribution in [2.45, 2.75) is 20.3 Å². The fourth-order valence-corrected chi connectivity index (χ4v) is 1.18. The molecular formula is C9H17N. The SMILES string of the molecule is C.C#CC1CCN(C)CC1. The number of rotatable bonds is 0. The summed E-state index contributed by atoms with van der Waals surface area (Å²) in [5, 5.41) is 0. The molecule has 0 spiro atoms. The first-order valence-electron chi connectivity index (χ1n) is 3.47. The lowest BCUT2D eigenvalue weighted by atomic mass is 9.99. The maximum Gasteiger partial charge on any atom is 0.0224 e. The lowest BCUT2D eigenvalue weighted by Gasteiger charge is -2.25. The van der Waals surface area contributed by atoms with Crippen LogP contribution in [0.2, 0.25) is 0 Å². The van der Waals surface area contributed by atoms with Crippen LogP contribution >= 0.6 is 0 Å². The standard InChI is InChI=1S/C8H13N.CH4/c1-3-8-4-6-9(2)7-5-8;/h1,8H,4-7H2,2H3;1H4. The Labute approximate surface area is 64.4 Å². The minimum Gasteiger partial charge on any atom is -0.306 e. The van der Waals surface area contributed by atoms with Crippen molar-refractivity contribution in [2.75, 3.05) is 20.1 Å². The van der Waals surface area contributed by atoms with Crippen LogP contribution in [0.3, 0.4) is 0 Å². The highest BCUT2D eigenvalue weighted by Gasteiger charge is 2.12. The smallest absolute Gasteiger partial charge is 0.0224 e. The van der Waals surface area contributed by atoms with E-state index in [0.717, 1.165) is 0 Å². The van der Waals surface area contributed by atoms with Crippen LogP contribution in [0.1, 0.15) is 20.3 Å². The van der Waals surface area contributed by atoms with Crippen molar-refractivity contribution >= 4 is 0 Å². The third-order valence-corrected chi connectivity index (χ3v) is 1.95. The number of nitrogens with zero attached hydrogens (tertiary/aromatic N) is 1. The Kier molecular flexibility index (Phi) is 4.14. The van der Waals surface area contributed by atoms with Crippen molar-refractivity contribution in [1.29, 1.82) is 0 Å². The summed E-state index contributed by atoms with van der Waals surface area (Å²) in [5.41, 5.74) is 0. The van der Waals surface area contributed by atoms with Gasteiger partial charge in [0.1, 0.15) is 0 Å².